The number of esters is 3. The minimum Gasteiger partial charge on any atom is -0.462 e. The van der Waals surface area contributed by atoms with Gasteiger partial charge in [0, 0.05) is 27.4 Å². The highest BCUT2D eigenvalue weighted by atomic mass is 16.9. The summed E-state index contributed by atoms with van der Waals surface area (Å²) < 4.78 is 36.4. The molecule has 0 saturated carbocycles. The highest BCUT2D eigenvalue weighted by Gasteiger charge is 2.27. The fourth-order valence-electron chi connectivity index (χ4n) is 1.85. The first kappa shape index (κ1) is 34.9. The molecule has 0 aliphatic heterocycles. The average Bonchev–Trinajstić information content (AvgIpc) is 2.75. The summed E-state index contributed by atoms with van der Waals surface area (Å²) in [5.41, 5.74) is 0. The van der Waals surface area contributed by atoms with Crippen LogP contribution < -0.4 is 0 Å². The Labute approximate surface area is 193 Å². The standard InChI is InChI=1S/C18H32O10.2C2H6/c1-6-7-22-8-9-23-10-11-24-18(28-16(5)21)26-13(2)17(27-15(4)20)12-25-14(3)19;2*1-2/h13,17-18H,6-12H2,1-5H3;2*1-2H3. The Morgan fingerprint density at radius 2 is 1.22 bits per heavy atom. The molecule has 0 fully saturated rings. The number of rotatable bonds is 16. The van der Waals surface area contributed by atoms with Crippen LogP contribution in [0, 0.1) is 0 Å². The third-order valence-corrected chi connectivity index (χ3v) is 3.08. The second-order valence-corrected chi connectivity index (χ2v) is 5.79. The number of ether oxygens (including phenoxy) is 7. The molecule has 32 heavy (non-hydrogen) atoms. The fourth-order valence-corrected chi connectivity index (χ4v) is 1.85. The van der Waals surface area contributed by atoms with E-state index in [1.165, 1.54) is 20.8 Å². The Bertz CT molecular complexity index is 456. The van der Waals surface area contributed by atoms with E-state index < -0.39 is 36.6 Å². The highest BCUT2D eigenvalue weighted by Crippen LogP contribution is 2.11. The van der Waals surface area contributed by atoms with Crippen molar-refractivity contribution in [2.45, 2.75) is 87.4 Å². The Hall–Kier alpha value is -1.75. The van der Waals surface area contributed by atoms with E-state index in [4.69, 9.17) is 33.2 Å². The maximum absolute atomic E-state index is 11.2. The van der Waals surface area contributed by atoms with Crippen molar-refractivity contribution >= 4 is 17.9 Å². The zero-order chi connectivity index (χ0) is 25.4. The van der Waals surface area contributed by atoms with Crippen LogP contribution >= 0.6 is 0 Å². The minimum absolute atomic E-state index is 0.0978. The summed E-state index contributed by atoms with van der Waals surface area (Å²) in [7, 11) is 0. The monoisotopic (exact) mass is 468 g/mol. The summed E-state index contributed by atoms with van der Waals surface area (Å²) in [6, 6.07) is 0. The first-order valence-electron chi connectivity index (χ1n) is 11.2. The van der Waals surface area contributed by atoms with Gasteiger partial charge in [0.1, 0.15) is 12.7 Å². The van der Waals surface area contributed by atoms with Crippen molar-refractivity contribution in [2.24, 2.45) is 0 Å². The molecule has 0 spiro atoms. The van der Waals surface area contributed by atoms with Gasteiger partial charge in [-0.2, -0.15) is 0 Å². The predicted octanol–water partition coefficient (Wildman–Crippen LogP) is 3.25. The van der Waals surface area contributed by atoms with E-state index in [1.807, 2.05) is 34.6 Å². The van der Waals surface area contributed by atoms with Gasteiger partial charge in [0.05, 0.1) is 26.4 Å². The second-order valence-electron chi connectivity index (χ2n) is 5.79. The molecule has 0 rings (SSSR count). The summed E-state index contributed by atoms with van der Waals surface area (Å²) in [5, 5.41) is 0. The van der Waals surface area contributed by atoms with Gasteiger partial charge in [0.2, 0.25) is 0 Å². The van der Waals surface area contributed by atoms with E-state index in [0.717, 1.165) is 6.42 Å². The first-order chi connectivity index (χ1) is 15.3. The number of hydrogen-bond donors (Lipinski definition) is 0. The summed E-state index contributed by atoms with van der Waals surface area (Å²) >= 11 is 0. The molecule has 0 aliphatic carbocycles. The second kappa shape index (κ2) is 25.5. The molecule has 0 aromatic rings. The van der Waals surface area contributed by atoms with E-state index in [-0.39, 0.29) is 19.8 Å². The third-order valence-electron chi connectivity index (χ3n) is 3.08. The topological polar surface area (TPSA) is 116 Å². The maximum Gasteiger partial charge on any atom is 0.318 e. The van der Waals surface area contributed by atoms with Crippen molar-refractivity contribution in [1.82, 2.24) is 0 Å². The van der Waals surface area contributed by atoms with Crippen molar-refractivity contribution in [1.29, 1.82) is 0 Å². The average molecular weight is 469 g/mol. The van der Waals surface area contributed by atoms with Gasteiger partial charge in [-0.05, 0) is 13.3 Å². The van der Waals surface area contributed by atoms with Crippen LogP contribution in [0.5, 0.6) is 0 Å². The molecule has 0 aromatic heterocycles. The lowest BCUT2D eigenvalue weighted by Gasteiger charge is -2.27. The van der Waals surface area contributed by atoms with Gasteiger partial charge in [0.25, 0.3) is 0 Å². The third kappa shape index (κ3) is 24.5. The minimum atomic E-state index is -1.33. The van der Waals surface area contributed by atoms with Crippen molar-refractivity contribution in [3.63, 3.8) is 0 Å². The van der Waals surface area contributed by atoms with Gasteiger partial charge in [0.15, 0.2) is 6.10 Å². The van der Waals surface area contributed by atoms with Gasteiger partial charge in [-0.3, -0.25) is 14.4 Å². The molecule has 0 radical (unpaired) electrons. The largest absolute Gasteiger partial charge is 0.462 e. The van der Waals surface area contributed by atoms with Crippen LogP contribution in [0.1, 0.15) is 68.7 Å². The van der Waals surface area contributed by atoms with Gasteiger partial charge in [-0.15, -0.1) is 0 Å². The van der Waals surface area contributed by atoms with Crippen LogP contribution in [-0.4, -0.2) is 76.2 Å². The molecule has 3 atom stereocenters. The van der Waals surface area contributed by atoms with E-state index >= 15 is 0 Å². The molecular formula is C22H44O10. The molecule has 0 N–H and O–H groups in total. The van der Waals surface area contributed by atoms with E-state index in [2.05, 4.69) is 0 Å². The summed E-state index contributed by atoms with van der Waals surface area (Å²) in [5.74, 6) is -1.72. The lowest BCUT2D eigenvalue weighted by Crippen LogP contribution is -2.39. The molecule has 10 nitrogen and oxygen atoms in total. The van der Waals surface area contributed by atoms with Crippen molar-refractivity contribution in [3.8, 4) is 0 Å². The summed E-state index contributed by atoms with van der Waals surface area (Å²) in [6.45, 7) is 15.6. The molecule has 0 amide bonds. The van der Waals surface area contributed by atoms with Crippen molar-refractivity contribution in [3.05, 3.63) is 0 Å². The van der Waals surface area contributed by atoms with Gasteiger partial charge < -0.3 is 33.2 Å². The summed E-state index contributed by atoms with van der Waals surface area (Å²) in [6.07, 6.45) is -0.736. The van der Waals surface area contributed by atoms with Crippen molar-refractivity contribution < 1.29 is 47.5 Å². The molecule has 0 aromatic carbocycles. The van der Waals surface area contributed by atoms with Gasteiger partial charge in [-0.1, -0.05) is 34.6 Å². The Morgan fingerprint density at radius 1 is 0.719 bits per heavy atom. The van der Waals surface area contributed by atoms with Crippen LogP contribution in [-0.2, 0) is 47.5 Å². The molecule has 0 saturated heterocycles. The molecular weight excluding hydrogens is 424 g/mol. The van der Waals surface area contributed by atoms with Gasteiger partial charge in [-0.25, -0.2) is 0 Å². The fraction of sp³-hybridized carbons (Fsp3) is 0.864. The van der Waals surface area contributed by atoms with E-state index in [9.17, 15) is 14.4 Å². The highest BCUT2D eigenvalue weighted by molar-refractivity contribution is 5.67. The smallest absolute Gasteiger partial charge is 0.318 e. The van der Waals surface area contributed by atoms with Crippen LogP contribution in [0.25, 0.3) is 0 Å². The SMILES string of the molecule is CC.CC.CCCOCCOCCOC(OC(C)=O)OC(C)C(COC(C)=O)OC(C)=O. The Morgan fingerprint density at radius 3 is 1.69 bits per heavy atom. The lowest BCUT2D eigenvalue weighted by molar-refractivity contribution is -0.300. The zero-order valence-corrected chi connectivity index (χ0v) is 21.3. The molecule has 3 unspecified atom stereocenters. The molecule has 10 heteroatoms. The predicted molar refractivity (Wildman–Crippen MR) is 119 cm³/mol. The van der Waals surface area contributed by atoms with E-state index in [0.29, 0.717) is 19.8 Å². The maximum atomic E-state index is 11.2. The van der Waals surface area contributed by atoms with Gasteiger partial charge >= 0.3 is 24.4 Å². The number of carbonyl (C=O) groups excluding carboxylic acids is 3. The first-order valence-corrected chi connectivity index (χ1v) is 11.2. The molecule has 0 heterocycles. The molecule has 0 bridgehead atoms. The molecule has 192 valence electrons. The Balaban J connectivity index is -0.00000198. The van der Waals surface area contributed by atoms with Crippen LogP contribution in [0.15, 0.2) is 0 Å². The Kier molecular flexibility index (Phi) is 27.8. The van der Waals surface area contributed by atoms with Crippen LogP contribution in [0.3, 0.4) is 0 Å². The van der Waals surface area contributed by atoms with Crippen LogP contribution in [0.2, 0.25) is 0 Å². The summed E-state index contributed by atoms with van der Waals surface area (Å²) in [4.78, 5) is 33.5. The quantitative estimate of drug-likeness (QED) is 0.145. The van der Waals surface area contributed by atoms with E-state index in [1.54, 1.807) is 6.92 Å². The zero-order valence-electron chi connectivity index (χ0n) is 21.3. The van der Waals surface area contributed by atoms with Crippen LogP contribution in [0.4, 0.5) is 0 Å². The number of carbonyl (C=O) groups is 3. The normalized spacial score (nSPS) is 12.7. The van der Waals surface area contributed by atoms with Crippen molar-refractivity contribution in [2.75, 3.05) is 39.6 Å². The lowest BCUT2D eigenvalue weighted by atomic mass is 10.2. The molecule has 0 aliphatic rings. The number of hydrogen-bond acceptors (Lipinski definition) is 10.